The van der Waals surface area contributed by atoms with Gasteiger partial charge in [0.1, 0.15) is 5.54 Å². The van der Waals surface area contributed by atoms with Crippen LogP contribution in [-0.4, -0.2) is 22.5 Å². The van der Waals surface area contributed by atoms with Gasteiger partial charge in [-0.1, -0.05) is 27.5 Å². The highest BCUT2D eigenvalue weighted by molar-refractivity contribution is 9.10. The van der Waals surface area contributed by atoms with E-state index in [9.17, 15) is 14.7 Å². The zero-order valence-corrected chi connectivity index (χ0v) is 12.6. The van der Waals surface area contributed by atoms with E-state index in [1.807, 2.05) is 0 Å². The normalized spacial score (nSPS) is 17.6. The lowest BCUT2D eigenvalue weighted by molar-refractivity contribution is -0.144. The van der Waals surface area contributed by atoms with Crippen molar-refractivity contribution >= 4 is 39.4 Å². The highest BCUT2D eigenvalue weighted by Crippen LogP contribution is 2.40. The molecule has 1 saturated carbocycles. The number of aliphatic carboxylic acids is 1. The standard InChI is InChI=1S/C13H13BrClNO3/c1-13(12(18)19,7-2-3-7)16-11(17)9-6-8(14)4-5-10(9)15/h4-7H,2-3H2,1H3,(H,16,17)(H,18,19). The molecule has 1 aromatic rings. The fourth-order valence-corrected chi connectivity index (χ4v) is 2.53. The fourth-order valence-electron chi connectivity index (χ4n) is 1.97. The number of carboxylic acid groups (broad SMARTS) is 1. The summed E-state index contributed by atoms with van der Waals surface area (Å²) in [6.07, 6.45) is 1.63. The molecule has 1 atom stereocenters. The zero-order valence-electron chi connectivity index (χ0n) is 10.2. The van der Waals surface area contributed by atoms with Gasteiger partial charge in [0.2, 0.25) is 0 Å². The molecule has 102 valence electrons. The average molecular weight is 347 g/mol. The summed E-state index contributed by atoms with van der Waals surface area (Å²) in [5, 5.41) is 12.2. The number of benzene rings is 1. The Morgan fingerprint density at radius 1 is 1.47 bits per heavy atom. The summed E-state index contributed by atoms with van der Waals surface area (Å²) in [5.41, 5.74) is -0.966. The van der Waals surface area contributed by atoms with Crippen molar-refractivity contribution in [3.63, 3.8) is 0 Å². The van der Waals surface area contributed by atoms with Crippen LogP contribution in [0, 0.1) is 5.92 Å². The maximum absolute atomic E-state index is 12.2. The van der Waals surface area contributed by atoms with Gasteiger partial charge in [0.15, 0.2) is 0 Å². The summed E-state index contributed by atoms with van der Waals surface area (Å²) >= 11 is 9.23. The number of hydrogen-bond acceptors (Lipinski definition) is 2. The van der Waals surface area contributed by atoms with Crippen molar-refractivity contribution in [1.82, 2.24) is 5.32 Å². The van der Waals surface area contributed by atoms with Crippen LogP contribution in [0.25, 0.3) is 0 Å². The van der Waals surface area contributed by atoms with Crippen molar-refractivity contribution < 1.29 is 14.7 Å². The number of carbonyl (C=O) groups excluding carboxylic acids is 1. The molecule has 1 aliphatic rings. The first kappa shape index (κ1) is 14.3. The van der Waals surface area contributed by atoms with Gasteiger partial charge < -0.3 is 10.4 Å². The highest BCUT2D eigenvalue weighted by Gasteiger charge is 2.48. The third-order valence-electron chi connectivity index (χ3n) is 3.38. The summed E-state index contributed by atoms with van der Waals surface area (Å²) in [6, 6.07) is 4.89. The van der Waals surface area contributed by atoms with Gasteiger partial charge in [0.25, 0.3) is 5.91 Å². The van der Waals surface area contributed by atoms with Crippen molar-refractivity contribution in [2.45, 2.75) is 25.3 Å². The van der Waals surface area contributed by atoms with Gasteiger partial charge in [-0.2, -0.15) is 0 Å². The molecular weight excluding hydrogens is 334 g/mol. The van der Waals surface area contributed by atoms with E-state index in [2.05, 4.69) is 21.2 Å². The quantitative estimate of drug-likeness (QED) is 0.880. The molecule has 1 unspecified atom stereocenters. The summed E-state index contributed by atoms with van der Waals surface area (Å²) in [7, 11) is 0. The molecule has 1 fully saturated rings. The Bertz CT molecular complexity index is 545. The number of carboxylic acids is 1. The minimum atomic E-state index is -1.23. The predicted octanol–water partition coefficient (Wildman–Crippen LogP) is 3.09. The third-order valence-corrected chi connectivity index (χ3v) is 4.21. The van der Waals surface area contributed by atoms with E-state index in [0.717, 1.165) is 12.8 Å². The molecule has 1 aliphatic carbocycles. The van der Waals surface area contributed by atoms with Crippen molar-refractivity contribution in [2.24, 2.45) is 5.92 Å². The van der Waals surface area contributed by atoms with Gasteiger partial charge in [-0.05, 0) is 43.9 Å². The van der Waals surface area contributed by atoms with E-state index in [1.54, 1.807) is 18.2 Å². The van der Waals surface area contributed by atoms with Crippen LogP contribution in [0.3, 0.4) is 0 Å². The summed E-state index contributed by atoms with van der Waals surface area (Å²) in [5.74, 6) is -1.50. The molecule has 0 saturated heterocycles. The van der Waals surface area contributed by atoms with E-state index in [1.165, 1.54) is 6.92 Å². The third kappa shape index (κ3) is 2.92. The monoisotopic (exact) mass is 345 g/mol. The Labute approximate surface area is 124 Å². The van der Waals surface area contributed by atoms with Crippen LogP contribution in [0.4, 0.5) is 0 Å². The molecule has 4 nitrogen and oxygen atoms in total. The number of hydrogen-bond donors (Lipinski definition) is 2. The van der Waals surface area contributed by atoms with E-state index < -0.39 is 17.4 Å². The largest absolute Gasteiger partial charge is 0.480 e. The maximum atomic E-state index is 12.2. The summed E-state index contributed by atoms with van der Waals surface area (Å²) in [4.78, 5) is 23.6. The first-order valence-corrected chi connectivity index (χ1v) is 7.02. The number of halogens is 2. The van der Waals surface area contributed by atoms with E-state index in [0.29, 0.717) is 9.50 Å². The number of nitrogens with one attached hydrogen (secondary N) is 1. The second-order valence-electron chi connectivity index (χ2n) is 4.86. The molecule has 2 N–H and O–H groups in total. The minimum Gasteiger partial charge on any atom is -0.480 e. The maximum Gasteiger partial charge on any atom is 0.329 e. The van der Waals surface area contributed by atoms with Crippen LogP contribution < -0.4 is 5.32 Å². The first-order chi connectivity index (χ1) is 8.84. The fraction of sp³-hybridized carbons (Fsp3) is 0.385. The van der Waals surface area contributed by atoms with Crippen LogP contribution in [0.2, 0.25) is 5.02 Å². The molecule has 0 aliphatic heterocycles. The topological polar surface area (TPSA) is 66.4 Å². The molecular formula is C13H13BrClNO3. The zero-order chi connectivity index (χ0) is 14.2. The molecule has 2 rings (SSSR count). The van der Waals surface area contributed by atoms with Crippen LogP contribution in [0.15, 0.2) is 22.7 Å². The summed E-state index contributed by atoms with van der Waals surface area (Å²) in [6.45, 7) is 1.54. The van der Waals surface area contributed by atoms with Crippen molar-refractivity contribution in [3.8, 4) is 0 Å². The van der Waals surface area contributed by atoms with Gasteiger partial charge in [-0.25, -0.2) is 4.79 Å². The Hall–Kier alpha value is -1.07. The Kier molecular flexibility index (Phi) is 3.87. The molecule has 0 bridgehead atoms. The second-order valence-corrected chi connectivity index (χ2v) is 6.18. The van der Waals surface area contributed by atoms with Gasteiger partial charge in [-0.3, -0.25) is 4.79 Å². The van der Waals surface area contributed by atoms with Crippen molar-refractivity contribution in [1.29, 1.82) is 0 Å². The number of rotatable bonds is 4. The average Bonchev–Trinajstić information content (AvgIpc) is 3.16. The predicted molar refractivity (Wildman–Crippen MR) is 75.4 cm³/mol. The second kappa shape index (κ2) is 5.13. The van der Waals surface area contributed by atoms with Crippen molar-refractivity contribution in [2.75, 3.05) is 0 Å². The molecule has 19 heavy (non-hydrogen) atoms. The molecule has 1 amide bonds. The van der Waals surface area contributed by atoms with E-state index >= 15 is 0 Å². The Morgan fingerprint density at radius 3 is 2.63 bits per heavy atom. The lowest BCUT2D eigenvalue weighted by atomic mass is 9.95. The van der Waals surface area contributed by atoms with Gasteiger partial charge in [-0.15, -0.1) is 0 Å². The molecule has 0 aromatic heterocycles. The lowest BCUT2D eigenvalue weighted by Crippen LogP contribution is -2.54. The molecule has 0 heterocycles. The Balaban J connectivity index is 2.25. The lowest BCUT2D eigenvalue weighted by Gasteiger charge is -2.26. The van der Waals surface area contributed by atoms with Gasteiger partial charge in [0, 0.05) is 4.47 Å². The summed E-state index contributed by atoms with van der Waals surface area (Å²) < 4.78 is 0.713. The first-order valence-electron chi connectivity index (χ1n) is 5.85. The van der Waals surface area contributed by atoms with Crippen LogP contribution in [-0.2, 0) is 4.79 Å². The minimum absolute atomic E-state index is 0.0140. The van der Waals surface area contributed by atoms with Crippen molar-refractivity contribution in [3.05, 3.63) is 33.3 Å². The smallest absolute Gasteiger partial charge is 0.329 e. The highest BCUT2D eigenvalue weighted by atomic mass is 79.9. The van der Waals surface area contributed by atoms with Crippen LogP contribution >= 0.6 is 27.5 Å². The number of carbonyl (C=O) groups is 2. The van der Waals surface area contributed by atoms with Crippen LogP contribution in [0.1, 0.15) is 30.1 Å². The molecule has 1 aromatic carbocycles. The van der Waals surface area contributed by atoms with Gasteiger partial charge in [0.05, 0.1) is 10.6 Å². The van der Waals surface area contributed by atoms with E-state index in [4.69, 9.17) is 11.6 Å². The van der Waals surface area contributed by atoms with Crippen LogP contribution in [0.5, 0.6) is 0 Å². The Morgan fingerprint density at radius 2 is 2.11 bits per heavy atom. The molecule has 0 spiro atoms. The number of amides is 1. The van der Waals surface area contributed by atoms with E-state index in [-0.39, 0.29) is 11.5 Å². The SMILES string of the molecule is CC(NC(=O)c1cc(Br)ccc1Cl)(C(=O)O)C1CC1. The molecule has 6 heteroatoms. The molecule has 0 radical (unpaired) electrons. The van der Waals surface area contributed by atoms with Gasteiger partial charge >= 0.3 is 5.97 Å².